The molecule has 0 aliphatic rings. The molecule has 0 unspecified atom stereocenters. The minimum Gasteiger partial charge on any atom is -0.404 e. The predicted molar refractivity (Wildman–Crippen MR) is 88.6 cm³/mol. The van der Waals surface area contributed by atoms with Crippen molar-refractivity contribution >= 4 is 29.0 Å². The molecule has 110 valence electrons. The monoisotopic (exact) mass is 310 g/mol. The van der Waals surface area contributed by atoms with Crippen molar-refractivity contribution in [2.24, 2.45) is 5.73 Å². The second kappa shape index (κ2) is 7.20. The predicted octanol–water partition coefficient (Wildman–Crippen LogP) is 2.00. The van der Waals surface area contributed by atoms with Gasteiger partial charge >= 0.3 is 0 Å². The van der Waals surface area contributed by atoms with Crippen molar-refractivity contribution in [1.29, 1.82) is 5.41 Å². The lowest BCUT2D eigenvalue weighted by Gasteiger charge is -2.06. The van der Waals surface area contributed by atoms with Crippen LogP contribution >= 0.6 is 11.3 Å². The van der Waals surface area contributed by atoms with Crippen LogP contribution in [0, 0.1) is 17.8 Å². The zero-order valence-electron chi connectivity index (χ0n) is 11.7. The van der Waals surface area contributed by atoms with Crippen molar-refractivity contribution in [3.63, 3.8) is 0 Å². The third-order valence-corrected chi connectivity index (χ3v) is 3.68. The molecule has 1 amide bonds. The van der Waals surface area contributed by atoms with Crippen LogP contribution in [0.4, 0.5) is 0 Å². The molecule has 0 aliphatic heterocycles. The fourth-order valence-electron chi connectivity index (χ4n) is 1.81. The Morgan fingerprint density at radius 1 is 1.55 bits per heavy atom. The Balaban J connectivity index is 2.05. The van der Waals surface area contributed by atoms with Gasteiger partial charge in [0.15, 0.2) is 5.01 Å². The van der Waals surface area contributed by atoms with E-state index in [1.807, 2.05) is 24.3 Å². The maximum absolute atomic E-state index is 12.0. The van der Waals surface area contributed by atoms with Crippen molar-refractivity contribution < 1.29 is 4.79 Å². The molecule has 1 aromatic carbocycles. The number of benzene rings is 1. The number of rotatable bonds is 5. The summed E-state index contributed by atoms with van der Waals surface area (Å²) in [6.45, 7) is 0.353. The highest BCUT2D eigenvalue weighted by molar-refractivity contribution is 7.10. The van der Waals surface area contributed by atoms with E-state index in [4.69, 9.17) is 17.6 Å². The van der Waals surface area contributed by atoms with Crippen LogP contribution in [0.25, 0.3) is 5.57 Å². The summed E-state index contributed by atoms with van der Waals surface area (Å²) in [4.78, 5) is 16.0. The molecule has 22 heavy (non-hydrogen) atoms. The molecule has 6 heteroatoms. The Morgan fingerprint density at radius 3 is 3.00 bits per heavy atom. The van der Waals surface area contributed by atoms with Crippen molar-refractivity contribution in [3.8, 4) is 12.3 Å². The summed E-state index contributed by atoms with van der Waals surface area (Å²) >= 11 is 1.26. The Morgan fingerprint density at radius 2 is 2.36 bits per heavy atom. The molecule has 1 heterocycles. The van der Waals surface area contributed by atoms with Crippen LogP contribution < -0.4 is 11.1 Å². The zero-order valence-corrected chi connectivity index (χ0v) is 12.5. The zero-order chi connectivity index (χ0) is 15.9. The molecule has 0 bridgehead atoms. The average molecular weight is 310 g/mol. The summed E-state index contributed by atoms with van der Waals surface area (Å²) in [6, 6.07) is 7.46. The highest BCUT2D eigenvalue weighted by atomic mass is 32.1. The van der Waals surface area contributed by atoms with Gasteiger partial charge in [-0.3, -0.25) is 4.79 Å². The van der Waals surface area contributed by atoms with Gasteiger partial charge in [0.05, 0.1) is 0 Å². The van der Waals surface area contributed by atoms with Crippen LogP contribution in [-0.4, -0.2) is 17.1 Å². The van der Waals surface area contributed by atoms with Crippen LogP contribution in [0.1, 0.15) is 26.6 Å². The summed E-state index contributed by atoms with van der Waals surface area (Å²) in [7, 11) is 0. The fourth-order valence-corrected chi connectivity index (χ4v) is 2.41. The molecule has 2 aromatic rings. The number of nitrogens with two attached hydrogens (primary N) is 1. The molecule has 5 nitrogen and oxygen atoms in total. The van der Waals surface area contributed by atoms with Crippen molar-refractivity contribution in [1.82, 2.24) is 10.3 Å². The molecular formula is C16H14N4OS. The highest BCUT2D eigenvalue weighted by Gasteiger charge is 2.09. The maximum atomic E-state index is 12.0. The second-order valence-corrected chi connectivity index (χ2v) is 5.19. The number of nitrogens with zero attached hydrogens (tertiary/aromatic N) is 1. The molecule has 0 saturated heterocycles. The first kappa shape index (κ1) is 15.5. The van der Waals surface area contributed by atoms with E-state index >= 15 is 0 Å². The van der Waals surface area contributed by atoms with E-state index in [1.165, 1.54) is 23.8 Å². The van der Waals surface area contributed by atoms with Gasteiger partial charge in [-0.15, -0.1) is 17.8 Å². The van der Waals surface area contributed by atoms with Gasteiger partial charge in [-0.2, -0.15) is 0 Å². The molecular weight excluding hydrogens is 296 g/mol. The van der Waals surface area contributed by atoms with Gasteiger partial charge in [-0.1, -0.05) is 18.2 Å². The van der Waals surface area contributed by atoms with E-state index in [9.17, 15) is 4.79 Å². The van der Waals surface area contributed by atoms with E-state index in [0.29, 0.717) is 22.8 Å². The van der Waals surface area contributed by atoms with E-state index in [2.05, 4.69) is 16.2 Å². The first-order valence-electron chi connectivity index (χ1n) is 6.40. The first-order chi connectivity index (χ1) is 10.7. The Hall–Kier alpha value is -2.91. The third-order valence-electron chi connectivity index (χ3n) is 2.91. The summed E-state index contributed by atoms with van der Waals surface area (Å²) < 4.78 is 0. The lowest BCUT2D eigenvalue weighted by atomic mass is 10.0. The van der Waals surface area contributed by atoms with Gasteiger partial charge < -0.3 is 16.5 Å². The number of amides is 1. The average Bonchev–Trinajstić information content (AvgIpc) is 3.03. The Labute approximate surface area is 132 Å². The number of carbonyl (C=O) groups is 1. The number of hydrogen-bond donors (Lipinski definition) is 3. The number of allylic oxidation sites excluding steroid dienone is 1. The number of carbonyl (C=O) groups excluding carboxylic acids is 1. The van der Waals surface area contributed by atoms with Gasteiger partial charge in [0.1, 0.15) is 5.69 Å². The van der Waals surface area contributed by atoms with Crippen molar-refractivity contribution in [2.45, 2.75) is 6.54 Å². The third kappa shape index (κ3) is 3.59. The number of thiazole rings is 1. The topological polar surface area (TPSA) is 91.9 Å². The standard InChI is InChI=1S/C16H14N4OS/c1-2-15-20-14(10-22-15)16(21)19-9-11-4-3-5-12(6-11)13(7-17)8-18/h1,3-8,10,17H,9,18H2,(H,19,21)/b13-8+,17-7?. The van der Waals surface area contributed by atoms with Crippen LogP contribution in [0.15, 0.2) is 35.8 Å². The second-order valence-electron chi connectivity index (χ2n) is 4.33. The molecule has 0 radical (unpaired) electrons. The minimum atomic E-state index is -0.273. The summed E-state index contributed by atoms with van der Waals surface area (Å²) in [5.74, 6) is 2.12. The van der Waals surface area contributed by atoms with E-state index in [0.717, 1.165) is 11.1 Å². The van der Waals surface area contributed by atoms with Gasteiger partial charge in [-0.25, -0.2) is 4.98 Å². The highest BCUT2D eigenvalue weighted by Crippen LogP contribution is 2.14. The maximum Gasteiger partial charge on any atom is 0.271 e. The number of aromatic nitrogens is 1. The van der Waals surface area contributed by atoms with Crippen molar-refractivity contribution in [2.75, 3.05) is 0 Å². The lowest BCUT2D eigenvalue weighted by molar-refractivity contribution is 0.0946. The van der Waals surface area contributed by atoms with Gasteiger partial charge in [0, 0.05) is 29.9 Å². The summed E-state index contributed by atoms with van der Waals surface area (Å²) in [6.07, 6.45) is 7.80. The van der Waals surface area contributed by atoms with Crippen LogP contribution in [0.2, 0.25) is 0 Å². The minimum absolute atomic E-state index is 0.273. The van der Waals surface area contributed by atoms with E-state index in [1.54, 1.807) is 5.38 Å². The van der Waals surface area contributed by atoms with Crippen LogP contribution in [-0.2, 0) is 6.54 Å². The quantitative estimate of drug-likeness (QED) is 0.582. The molecule has 0 saturated carbocycles. The van der Waals surface area contributed by atoms with E-state index < -0.39 is 0 Å². The Kier molecular flexibility index (Phi) is 5.07. The van der Waals surface area contributed by atoms with Crippen LogP contribution in [0.3, 0.4) is 0 Å². The van der Waals surface area contributed by atoms with Gasteiger partial charge in [-0.05, 0) is 23.1 Å². The first-order valence-corrected chi connectivity index (χ1v) is 7.28. The fraction of sp³-hybridized carbons (Fsp3) is 0.0625. The summed E-state index contributed by atoms with van der Waals surface area (Å²) in [5.41, 5.74) is 8.13. The molecule has 4 N–H and O–H groups in total. The SMILES string of the molecule is C#Cc1nc(C(=O)NCc2cccc(/C(C=N)=C/N)c2)cs1. The molecule has 0 fully saturated rings. The summed E-state index contributed by atoms with van der Waals surface area (Å²) in [5, 5.41) is 12.2. The van der Waals surface area contributed by atoms with Crippen LogP contribution in [0.5, 0.6) is 0 Å². The lowest BCUT2D eigenvalue weighted by Crippen LogP contribution is -2.23. The van der Waals surface area contributed by atoms with Gasteiger partial charge in [0.25, 0.3) is 5.91 Å². The Bertz CT molecular complexity index is 770. The number of nitrogens with one attached hydrogen (secondary N) is 2. The molecule has 0 atom stereocenters. The number of hydrogen-bond acceptors (Lipinski definition) is 5. The number of terminal acetylenes is 1. The smallest absolute Gasteiger partial charge is 0.271 e. The molecule has 2 rings (SSSR count). The molecule has 0 aliphatic carbocycles. The normalized spacial score (nSPS) is 10.8. The van der Waals surface area contributed by atoms with E-state index in [-0.39, 0.29) is 5.91 Å². The van der Waals surface area contributed by atoms with Gasteiger partial charge in [0.2, 0.25) is 0 Å². The molecule has 1 aromatic heterocycles. The van der Waals surface area contributed by atoms with Crippen molar-refractivity contribution in [3.05, 3.63) is 57.7 Å². The largest absolute Gasteiger partial charge is 0.404 e. The molecule has 0 spiro atoms.